The number of nitrogens with zero attached hydrogens (tertiary/aromatic N) is 1. The van der Waals surface area contributed by atoms with Crippen molar-refractivity contribution in [2.75, 3.05) is 7.11 Å². The third-order valence-corrected chi connectivity index (χ3v) is 1.09. The fraction of sp³-hybridized carbons (Fsp3) is 0.500. The van der Waals surface area contributed by atoms with E-state index in [0.717, 1.165) is 5.57 Å². The van der Waals surface area contributed by atoms with E-state index in [4.69, 9.17) is 4.74 Å². The molecule has 0 aromatic carbocycles. The molecular formula is C6H10N2O. The molecule has 3 nitrogen and oxygen atoms in total. The van der Waals surface area contributed by atoms with Gasteiger partial charge in [-0.2, -0.15) is 0 Å². The number of nitrogens with one attached hydrogen (secondary N) is 1. The molecule has 1 N–H and O–H groups in total. The smallest absolute Gasteiger partial charge is 0.224 e. The molecule has 1 unspecified atom stereocenters. The summed E-state index contributed by atoms with van der Waals surface area (Å²) < 4.78 is 4.89. The van der Waals surface area contributed by atoms with Crippen molar-refractivity contribution in [2.24, 2.45) is 4.99 Å². The Labute approximate surface area is 54.4 Å². The minimum absolute atomic E-state index is 0.186. The summed E-state index contributed by atoms with van der Waals surface area (Å²) in [5.41, 5.74) is 1.11. The van der Waals surface area contributed by atoms with E-state index in [-0.39, 0.29) is 6.35 Å². The van der Waals surface area contributed by atoms with Crippen LogP contribution in [0.5, 0.6) is 0 Å². The molecule has 0 aromatic rings. The number of hydrogen-bond donors (Lipinski definition) is 1. The second-order valence-electron chi connectivity index (χ2n) is 1.92. The monoisotopic (exact) mass is 126 g/mol. The predicted molar refractivity (Wildman–Crippen MR) is 36.2 cm³/mol. The number of ether oxygens (including phenoxy) is 1. The molecular weight excluding hydrogens is 116 g/mol. The molecule has 3 heteroatoms. The van der Waals surface area contributed by atoms with Gasteiger partial charge in [0.25, 0.3) is 0 Å². The second-order valence-corrected chi connectivity index (χ2v) is 1.92. The Morgan fingerprint density at radius 2 is 2.56 bits per heavy atom. The van der Waals surface area contributed by atoms with Crippen molar-refractivity contribution in [2.45, 2.75) is 13.3 Å². The van der Waals surface area contributed by atoms with Crippen molar-refractivity contribution < 1.29 is 4.74 Å². The number of aliphatic imine (C=N–C) groups is 1. The second kappa shape index (κ2) is 2.64. The Morgan fingerprint density at radius 1 is 1.78 bits per heavy atom. The lowest BCUT2D eigenvalue weighted by atomic mass is 10.3. The van der Waals surface area contributed by atoms with Crippen molar-refractivity contribution in [3.05, 3.63) is 11.8 Å². The number of rotatable bonds is 1. The van der Waals surface area contributed by atoms with Crippen molar-refractivity contribution in [3.8, 4) is 0 Å². The standard InChI is InChI=1S/C6H10N2O/c1-5-3-7-6(9-2)8-4-5/h3-4,6-7H,1-2H3. The van der Waals surface area contributed by atoms with Gasteiger partial charge in [-0.1, -0.05) is 0 Å². The minimum atomic E-state index is -0.186. The van der Waals surface area contributed by atoms with Gasteiger partial charge in [-0.25, -0.2) is 4.99 Å². The topological polar surface area (TPSA) is 33.6 Å². The van der Waals surface area contributed by atoms with Crippen molar-refractivity contribution in [3.63, 3.8) is 0 Å². The Balaban J connectivity index is 2.48. The van der Waals surface area contributed by atoms with Crippen molar-refractivity contribution in [1.82, 2.24) is 5.32 Å². The third-order valence-electron chi connectivity index (χ3n) is 1.09. The zero-order valence-corrected chi connectivity index (χ0v) is 5.59. The average Bonchev–Trinajstić information content (AvgIpc) is 1.90. The van der Waals surface area contributed by atoms with Gasteiger partial charge >= 0.3 is 0 Å². The van der Waals surface area contributed by atoms with Crippen LogP contribution in [0.1, 0.15) is 6.92 Å². The molecule has 0 aromatic heterocycles. The normalized spacial score (nSPS) is 25.1. The largest absolute Gasteiger partial charge is 0.347 e. The summed E-state index contributed by atoms with van der Waals surface area (Å²) in [5, 5.41) is 2.94. The first kappa shape index (κ1) is 6.29. The van der Waals surface area contributed by atoms with Gasteiger partial charge in [0.15, 0.2) is 0 Å². The summed E-state index contributed by atoms with van der Waals surface area (Å²) in [7, 11) is 1.61. The Morgan fingerprint density at radius 3 is 3.00 bits per heavy atom. The fourth-order valence-electron chi connectivity index (χ4n) is 0.597. The van der Waals surface area contributed by atoms with Crippen LogP contribution in [0.2, 0.25) is 0 Å². The SMILES string of the molecule is COC1N=CC(C)=CN1. The third kappa shape index (κ3) is 1.54. The molecule has 0 spiro atoms. The Bertz CT molecular complexity index is 151. The van der Waals surface area contributed by atoms with Crippen LogP contribution >= 0.6 is 0 Å². The van der Waals surface area contributed by atoms with Crippen LogP contribution in [0.15, 0.2) is 16.8 Å². The number of methoxy groups -OCH3 is 1. The first-order chi connectivity index (χ1) is 4.33. The maximum absolute atomic E-state index is 4.89. The Hall–Kier alpha value is -0.830. The lowest BCUT2D eigenvalue weighted by molar-refractivity contribution is 0.0928. The highest BCUT2D eigenvalue weighted by Crippen LogP contribution is 1.96. The lowest BCUT2D eigenvalue weighted by Gasteiger charge is -2.13. The molecule has 0 radical (unpaired) electrons. The molecule has 9 heavy (non-hydrogen) atoms. The summed E-state index contributed by atoms with van der Waals surface area (Å²) >= 11 is 0. The molecule has 1 aliphatic rings. The van der Waals surface area contributed by atoms with Crippen LogP contribution in [0, 0.1) is 0 Å². The average molecular weight is 126 g/mol. The van der Waals surface area contributed by atoms with Gasteiger partial charge in [0.1, 0.15) is 0 Å². The van der Waals surface area contributed by atoms with Crippen molar-refractivity contribution in [1.29, 1.82) is 0 Å². The minimum Gasteiger partial charge on any atom is -0.347 e. The molecule has 0 aliphatic carbocycles. The van der Waals surface area contributed by atoms with Gasteiger partial charge in [-0.3, -0.25) is 0 Å². The summed E-state index contributed by atoms with van der Waals surface area (Å²) in [6, 6.07) is 0. The van der Waals surface area contributed by atoms with E-state index in [0.29, 0.717) is 0 Å². The van der Waals surface area contributed by atoms with Crippen LogP contribution in [0.3, 0.4) is 0 Å². The highest BCUT2D eigenvalue weighted by molar-refractivity contribution is 5.78. The van der Waals surface area contributed by atoms with Gasteiger partial charge in [0.2, 0.25) is 6.35 Å². The van der Waals surface area contributed by atoms with Gasteiger partial charge in [0, 0.05) is 19.5 Å². The molecule has 1 rings (SSSR count). The lowest BCUT2D eigenvalue weighted by Crippen LogP contribution is -2.27. The number of allylic oxidation sites excluding steroid dienone is 1. The maximum Gasteiger partial charge on any atom is 0.224 e. The van der Waals surface area contributed by atoms with E-state index in [1.54, 1.807) is 13.3 Å². The molecule has 50 valence electrons. The van der Waals surface area contributed by atoms with E-state index in [9.17, 15) is 0 Å². The van der Waals surface area contributed by atoms with E-state index in [2.05, 4.69) is 10.3 Å². The molecule has 1 aliphatic heterocycles. The van der Waals surface area contributed by atoms with Crippen LogP contribution in [0.4, 0.5) is 0 Å². The summed E-state index contributed by atoms with van der Waals surface area (Å²) in [4.78, 5) is 4.00. The number of hydrogen-bond acceptors (Lipinski definition) is 3. The summed E-state index contributed by atoms with van der Waals surface area (Å²) in [6.45, 7) is 1.97. The summed E-state index contributed by atoms with van der Waals surface area (Å²) in [5.74, 6) is 0. The molecule has 0 saturated carbocycles. The van der Waals surface area contributed by atoms with Crippen LogP contribution < -0.4 is 5.32 Å². The molecule has 0 bridgehead atoms. The zero-order valence-electron chi connectivity index (χ0n) is 5.59. The Kier molecular flexibility index (Phi) is 1.85. The highest BCUT2D eigenvalue weighted by atomic mass is 16.5. The molecule has 0 fully saturated rings. The summed E-state index contributed by atoms with van der Waals surface area (Å²) in [6.07, 6.45) is 3.47. The van der Waals surface area contributed by atoms with Gasteiger partial charge in [0.05, 0.1) is 0 Å². The van der Waals surface area contributed by atoms with E-state index in [1.165, 1.54) is 0 Å². The fourth-order valence-corrected chi connectivity index (χ4v) is 0.597. The first-order valence-electron chi connectivity index (χ1n) is 2.82. The highest BCUT2D eigenvalue weighted by Gasteiger charge is 2.02. The zero-order chi connectivity index (χ0) is 6.69. The van der Waals surface area contributed by atoms with E-state index >= 15 is 0 Å². The van der Waals surface area contributed by atoms with Gasteiger partial charge in [-0.05, 0) is 12.5 Å². The van der Waals surface area contributed by atoms with Crippen LogP contribution in [0.25, 0.3) is 0 Å². The van der Waals surface area contributed by atoms with Crippen molar-refractivity contribution >= 4 is 6.21 Å². The van der Waals surface area contributed by atoms with E-state index in [1.807, 2.05) is 13.1 Å². The molecule has 0 amide bonds. The van der Waals surface area contributed by atoms with Crippen LogP contribution in [-0.2, 0) is 4.74 Å². The maximum atomic E-state index is 4.89. The molecule has 1 heterocycles. The quantitative estimate of drug-likeness (QED) is 0.555. The first-order valence-corrected chi connectivity index (χ1v) is 2.82. The van der Waals surface area contributed by atoms with Crippen LogP contribution in [-0.4, -0.2) is 19.7 Å². The molecule has 0 saturated heterocycles. The van der Waals surface area contributed by atoms with E-state index < -0.39 is 0 Å². The molecule has 1 atom stereocenters. The predicted octanol–water partition coefficient (Wildman–Crippen LogP) is 0.494. The van der Waals surface area contributed by atoms with Gasteiger partial charge < -0.3 is 10.1 Å². The van der Waals surface area contributed by atoms with Gasteiger partial charge in [-0.15, -0.1) is 0 Å².